The second kappa shape index (κ2) is 8.07. The van der Waals surface area contributed by atoms with Gasteiger partial charge in [-0.1, -0.05) is 6.07 Å². The fourth-order valence-electron chi connectivity index (χ4n) is 1.53. The van der Waals surface area contributed by atoms with Crippen molar-refractivity contribution in [3.8, 4) is 0 Å². The first kappa shape index (κ1) is 15.9. The molecule has 1 amide bonds. The van der Waals surface area contributed by atoms with Crippen LogP contribution in [0.25, 0.3) is 0 Å². The molecule has 0 aromatic heterocycles. The number of methoxy groups -OCH3 is 1. The Morgan fingerprint density at radius 1 is 1.47 bits per heavy atom. The zero-order chi connectivity index (χ0) is 14.3. The molecule has 106 valence electrons. The molecule has 1 aromatic carbocycles. The van der Waals surface area contributed by atoms with Gasteiger partial charge in [-0.25, -0.2) is 8.78 Å². The summed E-state index contributed by atoms with van der Waals surface area (Å²) >= 11 is 5.89. The van der Waals surface area contributed by atoms with Crippen LogP contribution in [0, 0.1) is 11.6 Å². The van der Waals surface area contributed by atoms with Crippen molar-refractivity contribution in [2.24, 2.45) is 0 Å². The van der Waals surface area contributed by atoms with Gasteiger partial charge in [0.1, 0.15) is 11.6 Å². The molecule has 19 heavy (non-hydrogen) atoms. The number of halogens is 3. The Kier molecular flexibility index (Phi) is 6.73. The zero-order valence-electron chi connectivity index (χ0n) is 10.6. The van der Waals surface area contributed by atoms with E-state index in [0.29, 0.717) is 19.6 Å². The van der Waals surface area contributed by atoms with E-state index in [4.69, 9.17) is 16.3 Å². The molecule has 0 radical (unpaired) electrons. The first-order valence-electron chi connectivity index (χ1n) is 5.86. The zero-order valence-corrected chi connectivity index (χ0v) is 11.3. The van der Waals surface area contributed by atoms with Crippen LogP contribution in [-0.2, 0) is 16.0 Å². The minimum absolute atomic E-state index is 0.122. The number of alkyl halides is 1. The molecule has 0 fully saturated rings. The van der Waals surface area contributed by atoms with Gasteiger partial charge in [0.15, 0.2) is 0 Å². The maximum Gasteiger partial charge on any atom is 0.224 e. The van der Waals surface area contributed by atoms with Crippen LogP contribution in [0.5, 0.6) is 0 Å². The molecule has 0 saturated carbocycles. The van der Waals surface area contributed by atoms with Crippen LogP contribution in [-0.4, -0.2) is 31.5 Å². The van der Waals surface area contributed by atoms with Crippen molar-refractivity contribution in [3.63, 3.8) is 0 Å². The van der Waals surface area contributed by atoms with Gasteiger partial charge in [-0.05, 0) is 18.1 Å². The number of carbonyl (C=O) groups excluding carboxylic acids is 1. The Labute approximate surface area is 115 Å². The molecule has 6 heteroatoms. The molecule has 0 bridgehead atoms. The topological polar surface area (TPSA) is 38.3 Å². The molecule has 1 unspecified atom stereocenters. The second-order valence-corrected chi connectivity index (χ2v) is 4.72. The number of carbonyl (C=O) groups is 1. The average Bonchev–Trinajstić information content (AvgIpc) is 2.33. The lowest BCUT2D eigenvalue weighted by Gasteiger charge is -2.09. The van der Waals surface area contributed by atoms with Gasteiger partial charge in [0.25, 0.3) is 0 Å². The van der Waals surface area contributed by atoms with Gasteiger partial charge in [-0.2, -0.15) is 0 Å². The number of hydrogen-bond donors (Lipinski definition) is 1. The summed E-state index contributed by atoms with van der Waals surface area (Å²) in [4.78, 5) is 11.5. The van der Waals surface area contributed by atoms with E-state index in [1.54, 1.807) is 7.11 Å². The summed E-state index contributed by atoms with van der Waals surface area (Å²) in [6.45, 7) is 0.795. The summed E-state index contributed by atoms with van der Waals surface area (Å²) in [6, 6.07) is 3.15. The van der Waals surface area contributed by atoms with E-state index in [0.717, 1.165) is 12.1 Å². The van der Waals surface area contributed by atoms with Crippen molar-refractivity contribution >= 4 is 17.5 Å². The second-order valence-electron chi connectivity index (χ2n) is 4.10. The van der Waals surface area contributed by atoms with E-state index in [-0.39, 0.29) is 23.3 Å². The van der Waals surface area contributed by atoms with Crippen LogP contribution in [0.3, 0.4) is 0 Å². The van der Waals surface area contributed by atoms with Crippen LogP contribution in [0.1, 0.15) is 12.0 Å². The first-order valence-corrected chi connectivity index (χ1v) is 6.30. The Morgan fingerprint density at radius 3 is 2.84 bits per heavy atom. The highest BCUT2D eigenvalue weighted by Gasteiger charge is 2.10. The van der Waals surface area contributed by atoms with E-state index >= 15 is 0 Å². The quantitative estimate of drug-likeness (QED) is 0.783. The maximum atomic E-state index is 13.3. The summed E-state index contributed by atoms with van der Waals surface area (Å²) in [5.41, 5.74) is 0.165. The molecule has 0 heterocycles. The average molecular weight is 292 g/mol. The minimum atomic E-state index is -0.718. The molecule has 1 atom stereocenters. The number of benzene rings is 1. The number of hydrogen-bond acceptors (Lipinski definition) is 2. The number of amides is 1. The molecule has 3 nitrogen and oxygen atoms in total. The normalized spacial score (nSPS) is 12.2. The Bertz CT molecular complexity index is 429. The lowest BCUT2D eigenvalue weighted by molar-refractivity contribution is -0.120. The third-order valence-electron chi connectivity index (χ3n) is 2.49. The first-order chi connectivity index (χ1) is 9.02. The van der Waals surface area contributed by atoms with Crippen molar-refractivity contribution in [1.29, 1.82) is 0 Å². The molecular weight excluding hydrogens is 276 g/mol. The summed E-state index contributed by atoms with van der Waals surface area (Å²) in [5.74, 6) is -1.71. The fourth-order valence-corrected chi connectivity index (χ4v) is 1.77. The van der Waals surface area contributed by atoms with Crippen LogP contribution < -0.4 is 5.32 Å². The summed E-state index contributed by atoms with van der Waals surface area (Å²) in [6.07, 6.45) is 0.441. The van der Waals surface area contributed by atoms with E-state index in [2.05, 4.69) is 5.32 Å². The van der Waals surface area contributed by atoms with E-state index in [9.17, 15) is 13.6 Å². The number of rotatable bonds is 7. The predicted octanol–water partition coefficient (Wildman–Crippen LogP) is 2.27. The summed E-state index contributed by atoms with van der Waals surface area (Å²) in [7, 11) is 1.55. The number of nitrogens with one attached hydrogen (secondary N) is 1. The third kappa shape index (κ3) is 5.98. The van der Waals surface area contributed by atoms with E-state index in [1.165, 1.54) is 6.07 Å². The van der Waals surface area contributed by atoms with Crippen LogP contribution in [0.4, 0.5) is 8.78 Å². The molecule has 0 aliphatic heterocycles. The van der Waals surface area contributed by atoms with Gasteiger partial charge in [-0.15, -0.1) is 11.6 Å². The summed E-state index contributed by atoms with van der Waals surface area (Å²) < 4.78 is 30.8. The molecular formula is C13H16ClF2NO2. The van der Waals surface area contributed by atoms with Gasteiger partial charge in [-0.3, -0.25) is 4.79 Å². The SMILES string of the molecule is COCC(Cl)CCNC(=O)Cc1ccc(F)cc1F. The van der Waals surface area contributed by atoms with Gasteiger partial charge in [0, 0.05) is 19.7 Å². The molecule has 0 aliphatic rings. The lowest BCUT2D eigenvalue weighted by Crippen LogP contribution is -2.28. The monoisotopic (exact) mass is 291 g/mol. The fraction of sp³-hybridized carbons (Fsp3) is 0.462. The highest BCUT2D eigenvalue weighted by molar-refractivity contribution is 6.20. The van der Waals surface area contributed by atoms with Crippen LogP contribution >= 0.6 is 11.6 Å². The highest BCUT2D eigenvalue weighted by atomic mass is 35.5. The van der Waals surface area contributed by atoms with Crippen LogP contribution in [0.15, 0.2) is 18.2 Å². The van der Waals surface area contributed by atoms with Gasteiger partial charge >= 0.3 is 0 Å². The van der Waals surface area contributed by atoms with E-state index in [1.807, 2.05) is 0 Å². The third-order valence-corrected chi connectivity index (χ3v) is 2.84. The predicted molar refractivity (Wildman–Crippen MR) is 69.2 cm³/mol. The standard InChI is InChI=1S/C13H16ClF2NO2/c1-19-8-10(14)4-5-17-13(18)6-9-2-3-11(15)7-12(9)16/h2-3,7,10H,4-6,8H2,1H3,(H,17,18). The molecule has 1 N–H and O–H groups in total. The Morgan fingerprint density at radius 2 is 2.21 bits per heavy atom. The van der Waals surface area contributed by atoms with Crippen molar-refractivity contribution in [3.05, 3.63) is 35.4 Å². The van der Waals surface area contributed by atoms with Gasteiger partial charge in [0.05, 0.1) is 18.4 Å². The maximum absolute atomic E-state index is 13.3. The molecule has 1 aromatic rings. The minimum Gasteiger partial charge on any atom is -0.383 e. The van der Waals surface area contributed by atoms with E-state index < -0.39 is 11.6 Å². The summed E-state index contributed by atoms with van der Waals surface area (Å²) in [5, 5.41) is 2.45. The molecule has 0 aliphatic carbocycles. The smallest absolute Gasteiger partial charge is 0.224 e. The van der Waals surface area contributed by atoms with Gasteiger partial charge < -0.3 is 10.1 Å². The Hall–Kier alpha value is -1.20. The Balaban J connectivity index is 2.35. The highest BCUT2D eigenvalue weighted by Crippen LogP contribution is 2.10. The molecule has 0 spiro atoms. The van der Waals surface area contributed by atoms with Crippen molar-refractivity contribution in [2.45, 2.75) is 18.2 Å². The molecule has 1 rings (SSSR count). The lowest BCUT2D eigenvalue weighted by atomic mass is 10.1. The van der Waals surface area contributed by atoms with Crippen LogP contribution in [0.2, 0.25) is 0 Å². The van der Waals surface area contributed by atoms with Gasteiger partial charge in [0.2, 0.25) is 5.91 Å². The number of ether oxygens (including phenoxy) is 1. The van der Waals surface area contributed by atoms with Crippen molar-refractivity contribution in [2.75, 3.05) is 20.3 Å². The van der Waals surface area contributed by atoms with Crippen molar-refractivity contribution < 1.29 is 18.3 Å². The van der Waals surface area contributed by atoms with Crippen molar-refractivity contribution in [1.82, 2.24) is 5.32 Å². The molecule has 0 saturated heterocycles. The largest absolute Gasteiger partial charge is 0.383 e.